The second-order valence-corrected chi connectivity index (χ2v) is 6.20. The molecule has 22 heavy (non-hydrogen) atoms. The molecule has 5 nitrogen and oxygen atoms in total. The van der Waals surface area contributed by atoms with E-state index in [9.17, 15) is 9.59 Å². The summed E-state index contributed by atoms with van der Waals surface area (Å²) in [5, 5.41) is 6.33. The highest BCUT2D eigenvalue weighted by Gasteiger charge is 2.16. The summed E-state index contributed by atoms with van der Waals surface area (Å²) >= 11 is 17.8. The fraction of sp³-hybridized carbons (Fsp3) is 0.429. The fourth-order valence-electron chi connectivity index (χ4n) is 1.78. The molecule has 1 rings (SSSR count). The molecule has 0 bridgehead atoms. The van der Waals surface area contributed by atoms with Gasteiger partial charge in [-0.05, 0) is 18.6 Å². The number of amides is 2. The zero-order valence-electron chi connectivity index (χ0n) is 12.4. The van der Waals surface area contributed by atoms with Crippen molar-refractivity contribution in [2.75, 3.05) is 32.0 Å². The summed E-state index contributed by atoms with van der Waals surface area (Å²) in [5.41, 5.74) is 0.320. The second kappa shape index (κ2) is 9.20. The fourth-order valence-corrected chi connectivity index (χ4v) is 2.69. The third-order valence-electron chi connectivity index (χ3n) is 2.77. The number of likely N-dealkylation sites (N-methyl/N-ethyl adjacent to an activating group) is 1. The molecule has 0 aliphatic heterocycles. The van der Waals surface area contributed by atoms with E-state index >= 15 is 0 Å². The first-order chi connectivity index (χ1) is 10.3. The Labute approximate surface area is 144 Å². The maximum absolute atomic E-state index is 12.0. The van der Waals surface area contributed by atoms with Crippen LogP contribution >= 0.6 is 34.8 Å². The van der Waals surface area contributed by atoms with E-state index in [0.29, 0.717) is 17.3 Å². The molecule has 2 amide bonds. The van der Waals surface area contributed by atoms with Gasteiger partial charge < -0.3 is 15.5 Å². The Morgan fingerprint density at radius 3 is 2.18 bits per heavy atom. The van der Waals surface area contributed by atoms with Crippen molar-refractivity contribution in [3.05, 3.63) is 27.2 Å². The van der Waals surface area contributed by atoms with Gasteiger partial charge in [-0.25, -0.2) is 0 Å². The summed E-state index contributed by atoms with van der Waals surface area (Å²) in [6.45, 7) is 2.95. The highest BCUT2D eigenvalue weighted by Crippen LogP contribution is 2.33. The van der Waals surface area contributed by atoms with E-state index < -0.39 is 0 Å². The van der Waals surface area contributed by atoms with Gasteiger partial charge in [0.1, 0.15) is 0 Å². The van der Waals surface area contributed by atoms with E-state index in [1.54, 1.807) is 7.05 Å². The summed E-state index contributed by atoms with van der Waals surface area (Å²) in [6, 6.07) is 3.00. The largest absolute Gasteiger partial charge is 0.351 e. The average molecular weight is 368 g/mol. The predicted octanol–water partition coefficient (Wildman–Crippen LogP) is 1.63. The van der Waals surface area contributed by atoms with E-state index in [-0.39, 0.29) is 34.9 Å². The number of hydrogen-bond acceptors (Lipinski definition) is 2. The molecular weight excluding hydrogens is 349 g/mol. The summed E-state index contributed by atoms with van der Waals surface area (Å²) in [4.78, 5) is 24.3. The number of anilines is 1. The van der Waals surface area contributed by atoms with Crippen molar-refractivity contribution in [3.63, 3.8) is 0 Å². The molecule has 1 unspecified atom stereocenters. The number of nitrogens with one attached hydrogen (secondary N) is 3. The van der Waals surface area contributed by atoms with E-state index in [1.165, 1.54) is 12.1 Å². The first-order valence-corrected chi connectivity index (χ1v) is 7.99. The van der Waals surface area contributed by atoms with Crippen LogP contribution in [0.3, 0.4) is 0 Å². The molecule has 0 radical (unpaired) electrons. The molecule has 1 aromatic carbocycles. The van der Waals surface area contributed by atoms with Crippen LogP contribution in [0, 0.1) is 0 Å². The van der Waals surface area contributed by atoms with Crippen molar-refractivity contribution in [2.24, 2.45) is 0 Å². The van der Waals surface area contributed by atoms with Crippen LogP contribution in [0.15, 0.2) is 12.1 Å². The van der Waals surface area contributed by atoms with Gasteiger partial charge in [0.05, 0.1) is 22.8 Å². The molecule has 1 aromatic rings. The van der Waals surface area contributed by atoms with Crippen molar-refractivity contribution >= 4 is 52.3 Å². The van der Waals surface area contributed by atoms with Gasteiger partial charge in [0, 0.05) is 11.6 Å². The normalized spacial score (nSPS) is 11.9. The topological polar surface area (TPSA) is 62.6 Å². The molecule has 0 aromatic heterocycles. The Morgan fingerprint density at radius 1 is 1.09 bits per heavy atom. The monoisotopic (exact) mass is 366 g/mol. The molecule has 0 spiro atoms. The number of carbonyl (C=O) groups is 2. The number of benzene rings is 1. The Hall–Kier alpha value is -1.01. The Morgan fingerprint density at radius 2 is 1.64 bits per heavy atom. The van der Waals surface area contributed by atoms with Crippen molar-refractivity contribution in [1.29, 1.82) is 0 Å². The van der Waals surface area contributed by atoms with Crippen LogP contribution in [0.1, 0.15) is 13.3 Å². The van der Waals surface area contributed by atoms with Gasteiger partial charge in [-0.1, -0.05) is 41.7 Å². The maximum atomic E-state index is 12.0. The highest BCUT2D eigenvalue weighted by molar-refractivity contribution is 6.42. The van der Waals surface area contributed by atoms with Crippen LogP contribution < -0.4 is 15.5 Å². The van der Waals surface area contributed by atoms with Gasteiger partial charge in [-0.15, -0.1) is 0 Å². The molecule has 1 atom stereocenters. The van der Waals surface area contributed by atoms with Crippen molar-refractivity contribution in [1.82, 2.24) is 5.32 Å². The van der Waals surface area contributed by atoms with Crippen molar-refractivity contribution < 1.29 is 14.5 Å². The summed E-state index contributed by atoms with van der Waals surface area (Å²) in [7, 11) is 1.76. The number of hydrogen-bond donors (Lipinski definition) is 3. The third-order valence-corrected chi connectivity index (χ3v) is 3.58. The molecule has 0 fully saturated rings. The number of quaternary nitrogens is 1. The van der Waals surface area contributed by atoms with Gasteiger partial charge in [-0.3, -0.25) is 9.59 Å². The molecule has 0 saturated heterocycles. The second-order valence-electron chi connectivity index (χ2n) is 4.95. The third kappa shape index (κ3) is 6.40. The van der Waals surface area contributed by atoms with Crippen LogP contribution in [-0.2, 0) is 9.59 Å². The molecular formula is C14H19Cl3N3O2+. The van der Waals surface area contributed by atoms with E-state index in [2.05, 4.69) is 10.6 Å². The highest BCUT2D eigenvalue weighted by atomic mass is 35.5. The van der Waals surface area contributed by atoms with E-state index in [1.807, 2.05) is 6.92 Å². The zero-order valence-corrected chi connectivity index (χ0v) is 14.7. The lowest BCUT2D eigenvalue weighted by molar-refractivity contribution is -0.862. The zero-order chi connectivity index (χ0) is 16.7. The van der Waals surface area contributed by atoms with Gasteiger partial charge in [-0.2, -0.15) is 0 Å². The van der Waals surface area contributed by atoms with Crippen LogP contribution in [0.25, 0.3) is 0 Å². The van der Waals surface area contributed by atoms with Gasteiger partial charge in [0.15, 0.2) is 13.1 Å². The number of carbonyl (C=O) groups excluding carboxylic acids is 2. The Balaban J connectivity index is 2.54. The van der Waals surface area contributed by atoms with Gasteiger partial charge in [0.2, 0.25) is 0 Å². The molecule has 0 aliphatic rings. The molecule has 0 aliphatic carbocycles. The molecule has 0 saturated carbocycles. The lowest BCUT2D eigenvalue weighted by Gasteiger charge is -2.14. The molecule has 3 N–H and O–H groups in total. The average Bonchev–Trinajstić information content (AvgIpc) is 2.40. The van der Waals surface area contributed by atoms with Gasteiger partial charge in [0.25, 0.3) is 11.8 Å². The van der Waals surface area contributed by atoms with Crippen LogP contribution in [-0.4, -0.2) is 38.5 Å². The first-order valence-electron chi connectivity index (χ1n) is 6.85. The molecule has 122 valence electrons. The predicted molar refractivity (Wildman–Crippen MR) is 90.0 cm³/mol. The maximum Gasteiger partial charge on any atom is 0.279 e. The quantitative estimate of drug-likeness (QED) is 0.686. The number of halogens is 3. The lowest BCUT2D eigenvalue weighted by atomic mass is 10.3. The smallest absolute Gasteiger partial charge is 0.279 e. The minimum atomic E-state index is -0.285. The number of rotatable bonds is 7. The lowest BCUT2D eigenvalue weighted by Crippen LogP contribution is -3.11. The summed E-state index contributed by atoms with van der Waals surface area (Å²) in [6.07, 6.45) is 0.874. The Bertz CT molecular complexity index is 529. The minimum Gasteiger partial charge on any atom is -0.351 e. The SMILES string of the molecule is CCCNC(=O)C[NH+](C)CC(=O)Nc1c(Cl)cc(Cl)cc1Cl. The first kappa shape index (κ1) is 19.0. The summed E-state index contributed by atoms with van der Waals surface area (Å²) in [5.74, 6) is -0.373. The Kier molecular flexibility index (Phi) is 7.96. The van der Waals surface area contributed by atoms with Crippen LogP contribution in [0.4, 0.5) is 5.69 Å². The van der Waals surface area contributed by atoms with Crippen molar-refractivity contribution in [2.45, 2.75) is 13.3 Å². The minimum absolute atomic E-state index is 0.0882. The standard InChI is InChI=1S/C14H18Cl3N3O2/c1-3-4-18-12(21)7-20(2)8-13(22)19-14-10(16)5-9(15)6-11(14)17/h5-6H,3-4,7-8H2,1-2H3,(H,18,21)(H,19,22)/p+1. The van der Waals surface area contributed by atoms with Crippen molar-refractivity contribution in [3.8, 4) is 0 Å². The van der Waals surface area contributed by atoms with Gasteiger partial charge >= 0.3 is 0 Å². The van der Waals surface area contributed by atoms with E-state index in [0.717, 1.165) is 11.3 Å². The molecule has 0 heterocycles. The van der Waals surface area contributed by atoms with E-state index in [4.69, 9.17) is 34.8 Å². The van der Waals surface area contributed by atoms with Crippen LogP contribution in [0.5, 0.6) is 0 Å². The van der Waals surface area contributed by atoms with Crippen LogP contribution in [0.2, 0.25) is 15.1 Å². The summed E-state index contributed by atoms with van der Waals surface area (Å²) < 4.78 is 0. The molecule has 8 heteroatoms.